The summed E-state index contributed by atoms with van der Waals surface area (Å²) < 4.78 is 0. The molecule has 1 fully saturated rings. The largest absolute Gasteiger partial charge is 0.477 e. The van der Waals surface area contributed by atoms with Crippen molar-refractivity contribution in [3.8, 4) is 0 Å². The molecule has 2 N–H and O–H groups in total. The van der Waals surface area contributed by atoms with Gasteiger partial charge in [0.2, 0.25) is 0 Å². The molecule has 1 aliphatic heterocycles. The van der Waals surface area contributed by atoms with Gasteiger partial charge < -0.3 is 10.4 Å². The Morgan fingerprint density at radius 3 is 3.15 bits per heavy atom. The van der Waals surface area contributed by atoms with E-state index in [4.69, 9.17) is 5.11 Å². The molecule has 0 aliphatic carbocycles. The molecular weight excluding hydrogens is 186 g/mol. The van der Waals surface area contributed by atoms with Crippen LogP contribution in [0.3, 0.4) is 0 Å². The van der Waals surface area contributed by atoms with Crippen molar-refractivity contribution in [3.63, 3.8) is 0 Å². The van der Waals surface area contributed by atoms with Gasteiger partial charge in [0.15, 0.2) is 0 Å². The fourth-order valence-corrected chi connectivity index (χ4v) is 2.52. The quantitative estimate of drug-likeness (QED) is 0.761. The van der Waals surface area contributed by atoms with Crippen LogP contribution >= 0.6 is 11.3 Å². The van der Waals surface area contributed by atoms with E-state index in [9.17, 15) is 4.79 Å². The Kier molecular flexibility index (Phi) is 2.33. The Morgan fingerprint density at radius 2 is 2.54 bits per heavy atom. The molecule has 0 spiro atoms. The Hall–Kier alpha value is -0.870. The highest BCUT2D eigenvalue weighted by Crippen LogP contribution is 2.29. The zero-order chi connectivity index (χ0) is 9.26. The third kappa shape index (κ3) is 1.59. The Morgan fingerprint density at radius 1 is 1.69 bits per heavy atom. The van der Waals surface area contributed by atoms with Crippen molar-refractivity contribution in [1.29, 1.82) is 0 Å². The minimum absolute atomic E-state index is 0.261. The van der Waals surface area contributed by atoms with Crippen LogP contribution in [0, 0.1) is 0 Å². The van der Waals surface area contributed by atoms with Gasteiger partial charge in [0.25, 0.3) is 0 Å². The first-order valence-corrected chi connectivity index (χ1v) is 5.21. The maximum Gasteiger partial charge on any atom is 0.346 e. The van der Waals surface area contributed by atoms with Gasteiger partial charge >= 0.3 is 5.97 Å². The topological polar surface area (TPSA) is 49.3 Å². The lowest BCUT2D eigenvalue weighted by atomic mass is 10.1. The number of carbonyl (C=O) groups is 1. The zero-order valence-electron chi connectivity index (χ0n) is 7.12. The predicted octanol–water partition coefficient (Wildman–Crippen LogP) is 1.87. The minimum atomic E-state index is -0.807. The Balaban J connectivity index is 2.28. The number of rotatable bonds is 2. The average molecular weight is 197 g/mol. The smallest absolute Gasteiger partial charge is 0.346 e. The van der Waals surface area contributed by atoms with Crippen LogP contribution in [-0.2, 0) is 0 Å². The van der Waals surface area contributed by atoms with Crippen LogP contribution in [0.5, 0.6) is 0 Å². The van der Waals surface area contributed by atoms with Gasteiger partial charge in [-0.3, -0.25) is 0 Å². The van der Waals surface area contributed by atoms with Crippen LogP contribution in [0.15, 0.2) is 11.4 Å². The first-order chi connectivity index (χ1) is 6.29. The predicted molar refractivity (Wildman–Crippen MR) is 51.3 cm³/mol. The highest BCUT2D eigenvalue weighted by atomic mass is 32.1. The van der Waals surface area contributed by atoms with Crippen molar-refractivity contribution in [3.05, 3.63) is 21.9 Å². The third-order valence-corrected chi connectivity index (χ3v) is 3.24. The molecule has 0 amide bonds. The van der Waals surface area contributed by atoms with E-state index in [1.807, 2.05) is 11.4 Å². The van der Waals surface area contributed by atoms with Crippen LogP contribution in [0.1, 0.15) is 34.1 Å². The number of hydrogen-bond donors (Lipinski definition) is 2. The molecule has 1 aliphatic rings. The number of carboxylic acids is 1. The van der Waals surface area contributed by atoms with Crippen molar-refractivity contribution in [2.24, 2.45) is 0 Å². The van der Waals surface area contributed by atoms with E-state index in [-0.39, 0.29) is 6.04 Å². The van der Waals surface area contributed by atoms with E-state index >= 15 is 0 Å². The van der Waals surface area contributed by atoms with Gasteiger partial charge in [-0.1, -0.05) is 0 Å². The molecule has 0 aromatic carbocycles. The molecule has 3 nitrogen and oxygen atoms in total. The molecule has 4 heteroatoms. The highest BCUT2D eigenvalue weighted by molar-refractivity contribution is 7.12. The third-order valence-electron chi connectivity index (χ3n) is 2.33. The molecule has 0 saturated carbocycles. The molecule has 1 atom stereocenters. The van der Waals surface area contributed by atoms with Crippen molar-refractivity contribution >= 4 is 17.3 Å². The summed E-state index contributed by atoms with van der Waals surface area (Å²) in [4.78, 5) is 11.3. The van der Waals surface area contributed by atoms with Gasteiger partial charge in [0, 0.05) is 6.04 Å². The molecule has 1 aromatic heterocycles. The van der Waals surface area contributed by atoms with Gasteiger partial charge in [-0.15, -0.1) is 11.3 Å². The summed E-state index contributed by atoms with van der Waals surface area (Å²) in [5.41, 5.74) is 0.954. The number of aromatic carboxylic acids is 1. The van der Waals surface area contributed by atoms with E-state index in [0.29, 0.717) is 4.88 Å². The maximum absolute atomic E-state index is 10.8. The van der Waals surface area contributed by atoms with Crippen LogP contribution in [0.2, 0.25) is 0 Å². The number of carboxylic acid groups (broad SMARTS) is 1. The molecule has 2 rings (SSSR count). The average Bonchev–Trinajstić information content (AvgIpc) is 2.74. The summed E-state index contributed by atoms with van der Waals surface area (Å²) >= 11 is 1.30. The lowest BCUT2D eigenvalue weighted by Crippen LogP contribution is -2.14. The Bertz CT molecular complexity index is 315. The van der Waals surface area contributed by atoms with Crippen LogP contribution in [0.4, 0.5) is 0 Å². The van der Waals surface area contributed by atoms with Gasteiger partial charge in [-0.2, -0.15) is 0 Å². The summed E-state index contributed by atoms with van der Waals surface area (Å²) in [6.45, 7) is 1.000. The molecule has 1 saturated heterocycles. The highest BCUT2D eigenvalue weighted by Gasteiger charge is 2.22. The molecule has 0 bridgehead atoms. The SMILES string of the molecule is O=C(O)c1sccc1[C@@H]1CCCN1. The van der Waals surface area contributed by atoms with Crippen molar-refractivity contribution in [2.45, 2.75) is 18.9 Å². The summed E-state index contributed by atoms with van der Waals surface area (Å²) in [6, 6.07) is 2.18. The molecule has 13 heavy (non-hydrogen) atoms. The van der Waals surface area contributed by atoms with Crippen molar-refractivity contribution < 1.29 is 9.90 Å². The molecule has 70 valence electrons. The van der Waals surface area contributed by atoms with Gasteiger partial charge in [0.1, 0.15) is 4.88 Å². The lowest BCUT2D eigenvalue weighted by Gasteiger charge is -2.08. The maximum atomic E-state index is 10.8. The normalized spacial score (nSPS) is 22.0. The summed E-state index contributed by atoms with van der Waals surface area (Å²) in [5.74, 6) is -0.807. The van der Waals surface area contributed by atoms with E-state index in [2.05, 4.69) is 5.32 Å². The molecule has 0 unspecified atom stereocenters. The Labute approximate surface area is 80.4 Å². The number of nitrogens with one attached hydrogen (secondary N) is 1. The van der Waals surface area contributed by atoms with Crippen LogP contribution in [-0.4, -0.2) is 17.6 Å². The second-order valence-electron chi connectivity index (χ2n) is 3.16. The lowest BCUT2D eigenvalue weighted by molar-refractivity contribution is 0.0700. The van der Waals surface area contributed by atoms with E-state index in [0.717, 1.165) is 24.9 Å². The van der Waals surface area contributed by atoms with E-state index < -0.39 is 5.97 Å². The standard InChI is InChI=1S/C9H11NO2S/c11-9(12)8-6(3-5-13-8)7-2-1-4-10-7/h3,5,7,10H,1-2,4H2,(H,11,12)/t7-/m0/s1. The summed E-state index contributed by atoms with van der Waals surface area (Å²) in [5, 5.41) is 14.0. The summed E-state index contributed by atoms with van der Waals surface area (Å²) in [6.07, 6.45) is 2.19. The van der Waals surface area contributed by atoms with Gasteiger partial charge in [-0.25, -0.2) is 4.79 Å². The zero-order valence-corrected chi connectivity index (χ0v) is 7.93. The van der Waals surface area contributed by atoms with Crippen LogP contribution in [0.25, 0.3) is 0 Å². The molecular formula is C9H11NO2S. The van der Waals surface area contributed by atoms with Gasteiger partial charge in [-0.05, 0) is 36.4 Å². The molecule has 0 radical (unpaired) electrons. The van der Waals surface area contributed by atoms with E-state index in [1.165, 1.54) is 11.3 Å². The van der Waals surface area contributed by atoms with E-state index in [1.54, 1.807) is 0 Å². The number of thiophene rings is 1. The monoisotopic (exact) mass is 197 g/mol. The van der Waals surface area contributed by atoms with Gasteiger partial charge in [0.05, 0.1) is 0 Å². The second-order valence-corrected chi connectivity index (χ2v) is 4.08. The molecule has 2 heterocycles. The fourth-order valence-electron chi connectivity index (χ4n) is 1.72. The summed E-state index contributed by atoms with van der Waals surface area (Å²) in [7, 11) is 0. The minimum Gasteiger partial charge on any atom is -0.477 e. The fraction of sp³-hybridized carbons (Fsp3) is 0.444. The number of hydrogen-bond acceptors (Lipinski definition) is 3. The van der Waals surface area contributed by atoms with Crippen molar-refractivity contribution in [2.75, 3.05) is 6.54 Å². The first kappa shape index (κ1) is 8.72. The van der Waals surface area contributed by atoms with Crippen molar-refractivity contribution in [1.82, 2.24) is 5.32 Å². The van der Waals surface area contributed by atoms with Crippen LogP contribution < -0.4 is 5.32 Å². The molecule has 1 aromatic rings. The first-order valence-electron chi connectivity index (χ1n) is 4.33. The second kappa shape index (κ2) is 3.47.